The van der Waals surface area contributed by atoms with Crippen molar-refractivity contribution in [3.05, 3.63) is 35.9 Å². The molecule has 0 saturated heterocycles. The van der Waals surface area contributed by atoms with Crippen LogP contribution in [0.15, 0.2) is 30.3 Å². The molecule has 0 bridgehead atoms. The number of aliphatic carboxylic acids is 1. The summed E-state index contributed by atoms with van der Waals surface area (Å²) in [5.41, 5.74) is 0.829. The van der Waals surface area contributed by atoms with E-state index in [-0.39, 0.29) is 11.6 Å². The van der Waals surface area contributed by atoms with Gasteiger partial charge in [-0.15, -0.1) is 0 Å². The molecule has 0 spiro atoms. The van der Waals surface area contributed by atoms with Crippen LogP contribution in [0.25, 0.3) is 0 Å². The zero-order chi connectivity index (χ0) is 19.3. The number of ether oxygens (including phenoxy) is 1. The fourth-order valence-corrected chi connectivity index (χ4v) is 3.40. The summed E-state index contributed by atoms with van der Waals surface area (Å²) in [4.78, 5) is 23.5. The van der Waals surface area contributed by atoms with Crippen LogP contribution in [-0.4, -0.2) is 37.6 Å². The van der Waals surface area contributed by atoms with Crippen molar-refractivity contribution in [2.24, 2.45) is 0 Å². The van der Waals surface area contributed by atoms with E-state index in [0.29, 0.717) is 0 Å². The van der Waals surface area contributed by atoms with Crippen LogP contribution in [0.5, 0.6) is 0 Å². The molecule has 0 unspecified atom stereocenters. The van der Waals surface area contributed by atoms with Crippen molar-refractivity contribution in [2.75, 3.05) is 0 Å². The zero-order valence-electron chi connectivity index (χ0n) is 15.8. The lowest BCUT2D eigenvalue weighted by Crippen LogP contribution is -2.53. The molecule has 0 radical (unpaired) electrons. The van der Waals surface area contributed by atoms with Gasteiger partial charge in [0.25, 0.3) is 0 Å². The molecule has 6 nitrogen and oxygen atoms in total. The monoisotopic (exact) mass is 367 g/mol. The van der Waals surface area contributed by atoms with Gasteiger partial charge < -0.3 is 19.6 Å². The maximum Gasteiger partial charge on any atom is 0.408 e. The number of hydrogen-bond donors (Lipinski definition) is 2. The summed E-state index contributed by atoms with van der Waals surface area (Å²) in [6.07, 6.45) is -1.44. The van der Waals surface area contributed by atoms with Crippen LogP contribution in [0.2, 0.25) is 18.1 Å². The smallest absolute Gasteiger partial charge is 0.408 e. The molecular formula is C18H29NO5Si. The average Bonchev–Trinajstić information content (AvgIpc) is 2.49. The number of carboxylic acids is 1. The second kappa shape index (κ2) is 8.49. The maximum absolute atomic E-state index is 12.0. The number of carbonyl (C=O) groups excluding carboxylic acids is 1. The topological polar surface area (TPSA) is 84.9 Å². The van der Waals surface area contributed by atoms with E-state index < -0.39 is 32.5 Å². The summed E-state index contributed by atoms with van der Waals surface area (Å²) in [5.74, 6) is -1.15. The molecule has 1 rings (SSSR count). The number of rotatable bonds is 7. The lowest BCUT2D eigenvalue weighted by molar-refractivity contribution is -0.141. The molecular weight excluding hydrogens is 338 g/mol. The molecule has 1 aromatic carbocycles. The Kier molecular flexibility index (Phi) is 7.19. The Morgan fingerprint density at radius 2 is 1.76 bits per heavy atom. The predicted molar refractivity (Wildman–Crippen MR) is 98.9 cm³/mol. The van der Waals surface area contributed by atoms with E-state index in [9.17, 15) is 14.7 Å². The standard InChI is InChI=1S/C18H29NO5Si/c1-13(24-25(5,6)18(2,3)4)15(16(20)21)19-17(22)23-12-14-10-8-7-9-11-14/h7-11,13,15H,12H2,1-6H3,(H,19,22)(H,20,21)/t13-,15+/m1/s1. The molecule has 0 aliphatic heterocycles. The molecule has 140 valence electrons. The van der Waals surface area contributed by atoms with Gasteiger partial charge in [-0.05, 0) is 30.6 Å². The minimum atomic E-state index is -2.15. The highest BCUT2D eigenvalue weighted by Gasteiger charge is 2.41. The third-order valence-electron chi connectivity index (χ3n) is 4.51. The first-order valence-electron chi connectivity index (χ1n) is 8.32. The molecule has 25 heavy (non-hydrogen) atoms. The van der Waals surface area contributed by atoms with Gasteiger partial charge in [0.05, 0.1) is 6.10 Å². The quantitative estimate of drug-likeness (QED) is 0.717. The molecule has 0 aliphatic carbocycles. The Bertz CT molecular complexity index is 583. The van der Waals surface area contributed by atoms with Crippen LogP contribution in [0.3, 0.4) is 0 Å². The third kappa shape index (κ3) is 6.51. The molecule has 2 atom stereocenters. The molecule has 1 amide bonds. The van der Waals surface area contributed by atoms with Gasteiger partial charge in [0.1, 0.15) is 6.61 Å². The Labute approximate surface area is 150 Å². The van der Waals surface area contributed by atoms with Crippen molar-refractivity contribution >= 4 is 20.4 Å². The molecule has 2 N–H and O–H groups in total. The molecule has 0 aliphatic rings. The predicted octanol–water partition coefficient (Wildman–Crippen LogP) is 3.78. The van der Waals surface area contributed by atoms with Gasteiger partial charge in [-0.2, -0.15) is 0 Å². The highest BCUT2D eigenvalue weighted by atomic mass is 28.4. The Hall–Kier alpha value is -1.86. The van der Waals surface area contributed by atoms with Crippen molar-refractivity contribution in [3.63, 3.8) is 0 Å². The molecule has 0 saturated carbocycles. The molecule has 1 aromatic rings. The molecule has 7 heteroatoms. The van der Waals surface area contributed by atoms with E-state index in [1.54, 1.807) is 6.92 Å². The lowest BCUT2D eigenvalue weighted by atomic mass is 10.2. The number of hydrogen-bond acceptors (Lipinski definition) is 4. The van der Waals surface area contributed by atoms with E-state index in [2.05, 4.69) is 26.1 Å². The molecule has 0 fully saturated rings. The van der Waals surface area contributed by atoms with Crippen LogP contribution in [0.4, 0.5) is 4.79 Å². The minimum Gasteiger partial charge on any atom is -0.480 e. The number of alkyl carbamates (subject to hydrolysis) is 1. The first-order chi connectivity index (χ1) is 11.4. The first kappa shape index (κ1) is 21.2. The Morgan fingerprint density at radius 3 is 2.24 bits per heavy atom. The van der Waals surface area contributed by atoms with E-state index in [1.165, 1.54) is 0 Å². The molecule has 0 heterocycles. The highest BCUT2D eigenvalue weighted by molar-refractivity contribution is 6.74. The van der Waals surface area contributed by atoms with Gasteiger partial charge >= 0.3 is 12.1 Å². The van der Waals surface area contributed by atoms with Gasteiger partial charge in [-0.1, -0.05) is 51.1 Å². The van der Waals surface area contributed by atoms with Crippen LogP contribution < -0.4 is 5.32 Å². The summed E-state index contributed by atoms with van der Waals surface area (Å²) in [5, 5.41) is 11.8. The van der Waals surface area contributed by atoms with Crippen molar-refractivity contribution in [3.8, 4) is 0 Å². The Morgan fingerprint density at radius 1 is 1.20 bits per heavy atom. The fourth-order valence-electron chi connectivity index (χ4n) is 1.98. The second-order valence-electron chi connectivity index (χ2n) is 7.61. The van der Waals surface area contributed by atoms with E-state index >= 15 is 0 Å². The third-order valence-corrected chi connectivity index (χ3v) is 9.08. The summed E-state index contributed by atoms with van der Waals surface area (Å²) in [6.45, 7) is 12.0. The lowest BCUT2D eigenvalue weighted by Gasteiger charge is -2.39. The minimum absolute atomic E-state index is 0.0574. The number of nitrogens with one attached hydrogen (secondary N) is 1. The van der Waals surface area contributed by atoms with Crippen LogP contribution in [0.1, 0.15) is 33.3 Å². The SMILES string of the molecule is C[C@@H](O[Si](C)(C)C(C)(C)C)[C@H](NC(=O)OCc1ccccc1)C(=O)O. The maximum atomic E-state index is 12.0. The molecule has 0 aromatic heterocycles. The van der Waals surface area contributed by atoms with E-state index in [4.69, 9.17) is 9.16 Å². The summed E-state index contributed by atoms with van der Waals surface area (Å²) in [6, 6.07) is 8.02. The van der Waals surface area contributed by atoms with Crippen LogP contribution in [0, 0.1) is 0 Å². The fraction of sp³-hybridized carbons (Fsp3) is 0.556. The Balaban J connectivity index is 2.67. The van der Waals surface area contributed by atoms with Crippen molar-refractivity contribution in [1.82, 2.24) is 5.32 Å². The van der Waals surface area contributed by atoms with Crippen molar-refractivity contribution < 1.29 is 23.9 Å². The first-order valence-corrected chi connectivity index (χ1v) is 11.2. The highest BCUT2D eigenvalue weighted by Crippen LogP contribution is 2.37. The number of amides is 1. The summed E-state index contributed by atoms with van der Waals surface area (Å²) < 4.78 is 11.2. The van der Waals surface area contributed by atoms with Gasteiger partial charge in [0, 0.05) is 0 Å². The average molecular weight is 368 g/mol. The number of benzene rings is 1. The van der Waals surface area contributed by atoms with Crippen LogP contribution in [-0.2, 0) is 20.6 Å². The number of carbonyl (C=O) groups is 2. The number of carboxylic acid groups (broad SMARTS) is 1. The van der Waals surface area contributed by atoms with Gasteiger partial charge in [0.15, 0.2) is 14.4 Å². The largest absolute Gasteiger partial charge is 0.480 e. The van der Waals surface area contributed by atoms with Gasteiger partial charge in [-0.3, -0.25) is 0 Å². The van der Waals surface area contributed by atoms with Crippen molar-refractivity contribution in [2.45, 2.75) is 64.6 Å². The van der Waals surface area contributed by atoms with Crippen molar-refractivity contribution in [1.29, 1.82) is 0 Å². The van der Waals surface area contributed by atoms with Crippen LogP contribution >= 0.6 is 0 Å². The summed E-state index contributed by atoms with van der Waals surface area (Å²) in [7, 11) is -2.15. The van der Waals surface area contributed by atoms with E-state index in [1.807, 2.05) is 43.4 Å². The zero-order valence-corrected chi connectivity index (χ0v) is 16.8. The second-order valence-corrected chi connectivity index (χ2v) is 12.4. The van der Waals surface area contributed by atoms with Gasteiger partial charge in [0.2, 0.25) is 0 Å². The van der Waals surface area contributed by atoms with E-state index in [0.717, 1.165) is 5.56 Å². The normalized spacial score (nSPS) is 14.5. The summed E-state index contributed by atoms with van der Waals surface area (Å²) >= 11 is 0. The van der Waals surface area contributed by atoms with Gasteiger partial charge in [-0.25, -0.2) is 9.59 Å².